The van der Waals surface area contributed by atoms with E-state index in [4.69, 9.17) is 9.47 Å². The molecule has 1 aliphatic heterocycles. The van der Waals surface area contributed by atoms with Gasteiger partial charge in [0, 0.05) is 11.1 Å². The number of rotatable bonds is 2. The monoisotopic (exact) mass is 215 g/mol. The van der Waals surface area contributed by atoms with Gasteiger partial charge in [0.25, 0.3) is 0 Å². The van der Waals surface area contributed by atoms with Gasteiger partial charge in [-0.05, 0) is 11.5 Å². The van der Waals surface area contributed by atoms with Crippen LogP contribution in [0.25, 0.3) is 10.8 Å². The summed E-state index contributed by atoms with van der Waals surface area (Å²) in [6.07, 6.45) is -0.314. The molecule has 0 bridgehead atoms. The highest BCUT2D eigenvalue weighted by atomic mass is 16.7. The van der Waals surface area contributed by atoms with Gasteiger partial charge in [-0.1, -0.05) is 36.4 Å². The third kappa shape index (κ3) is 1.75. The molecule has 0 aromatic heterocycles. The number of hydrogen-bond acceptors (Lipinski definition) is 3. The summed E-state index contributed by atoms with van der Waals surface area (Å²) in [6, 6.07) is 14.4. The molecule has 3 rings (SSSR count). The van der Waals surface area contributed by atoms with Gasteiger partial charge in [0.2, 0.25) is 6.41 Å². The predicted octanol–water partition coefficient (Wildman–Crippen LogP) is 2.58. The topological polar surface area (TPSA) is 30.5 Å². The Kier molecular flexibility index (Phi) is 2.48. The van der Waals surface area contributed by atoms with Crippen molar-refractivity contribution in [2.45, 2.75) is 6.41 Å². The fourth-order valence-electron chi connectivity index (χ4n) is 1.92. The van der Waals surface area contributed by atoms with Crippen molar-refractivity contribution >= 4 is 16.5 Å². The van der Waals surface area contributed by atoms with E-state index in [9.17, 15) is 0 Å². The first-order valence-corrected chi connectivity index (χ1v) is 5.41. The van der Waals surface area contributed by atoms with Crippen LogP contribution in [0.2, 0.25) is 0 Å². The summed E-state index contributed by atoms with van der Waals surface area (Å²) >= 11 is 0. The van der Waals surface area contributed by atoms with Crippen molar-refractivity contribution in [2.75, 3.05) is 18.5 Å². The summed E-state index contributed by atoms with van der Waals surface area (Å²) in [7, 11) is 0. The number of hydrogen-bond donors (Lipinski definition) is 1. The highest BCUT2D eigenvalue weighted by Gasteiger charge is 2.15. The smallest absolute Gasteiger partial charge is 0.238 e. The molecule has 82 valence electrons. The fourth-order valence-corrected chi connectivity index (χ4v) is 1.92. The van der Waals surface area contributed by atoms with Crippen LogP contribution in [0.1, 0.15) is 0 Å². The summed E-state index contributed by atoms with van der Waals surface area (Å²) in [4.78, 5) is 0. The second-order valence-corrected chi connectivity index (χ2v) is 3.74. The average Bonchev–Trinajstić information content (AvgIpc) is 2.82. The fraction of sp³-hybridized carbons (Fsp3) is 0.231. The standard InChI is InChI=1S/C13H13NO2/c1-2-6-11-10(4-1)5-3-7-12(11)14-13-15-8-9-16-13/h1-7,13-14H,8-9H2. The molecular formula is C13H13NO2. The molecule has 1 N–H and O–H groups in total. The lowest BCUT2D eigenvalue weighted by atomic mass is 10.1. The van der Waals surface area contributed by atoms with Crippen LogP contribution in [0.3, 0.4) is 0 Å². The van der Waals surface area contributed by atoms with Crippen LogP contribution >= 0.6 is 0 Å². The molecular weight excluding hydrogens is 202 g/mol. The third-order valence-corrected chi connectivity index (χ3v) is 2.68. The molecule has 1 saturated heterocycles. The van der Waals surface area contributed by atoms with Gasteiger partial charge in [0.1, 0.15) is 0 Å². The molecule has 1 heterocycles. The van der Waals surface area contributed by atoms with E-state index in [2.05, 4.69) is 23.5 Å². The van der Waals surface area contributed by atoms with E-state index in [1.165, 1.54) is 10.8 Å². The number of benzene rings is 2. The second-order valence-electron chi connectivity index (χ2n) is 3.74. The largest absolute Gasteiger partial charge is 0.337 e. The Bertz CT molecular complexity index is 487. The van der Waals surface area contributed by atoms with Gasteiger partial charge in [-0.2, -0.15) is 0 Å². The molecule has 0 radical (unpaired) electrons. The Balaban J connectivity index is 1.96. The van der Waals surface area contributed by atoms with Gasteiger partial charge < -0.3 is 14.8 Å². The van der Waals surface area contributed by atoms with Gasteiger partial charge >= 0.3 is 0 Å². The first kappa shape index (κ1) is 9.63. The van der Waals surface area contributed by atoms with E-state index in [1.54, 1.807) is 0 Å². The first-order valence-electron chi connectivity index (χ1n) is 5.41. The van der Waals surface area contributed by atoms with Crippen LogP contribution < -0.4 is 5.32 Å². The summed E-state index contributed by atoms with van der Waals surface area (Å²) in [5.74, 6) is 0. The van der Waals surface area contributed by atoms with E-state index in [1.807, 2.05) is 24.3 Å². The molecule has 0 saturated carbocycles. The quantitative estimate of drug-likeness (QED) is 0.835. The summed E-state index contributed by atoms with van der Waals surface area (Å²) in [6.45, 7) is 1.31. The van der Waals surface area contributed by atoms with Crippen molar-refractivity contribution in [1.29, 1.82) is 0 Å². The number of anilines is 1. The Morgan fingerprint density at radius 2 is 1.69 bits per heavy atom. The lowest BCUT2D eigenvalue weighted by Gasteiger charge is -2.14. The molecule has 0 atom stereocenters. The zero-order valence-electron chi connectivity index (χ0n) is 8.85. The van der Waals surface area contributed by atoms with Crippen LogP contribution in [0, 0.1) is 0 Å². The zero-order chi connectivity index (χ0) is 10.8. The molecule has 2 aromatic carbocycles. The highest BCUT2D eigenvalue weighted by molar-refractivity contribution is 5.93. The van der Waals surface area contributed by atoms with Crippen LogP contribution in [-0.4, -0.2) is 19.6 Å². The van der Waals surface area contributed by atoms with Gasteiger partial charge in [0.15, 0.2) is 0 Å². The van der Waals surface area contributed by atoms with E-state index < -0.39 is 0 Å². The summed E-state index contributed by atoms with van der Waals surface area (Å²) in [5, 5.41) is 5.64. The third-order valence-electron chi connectivity index (χ3n) is 2.68. The van der Waals surface area contributed by atoms with E-state index >= 15 is 0 Å². The molecule has 0 unspecified atom stereocenters. The van der Waals surface area contributed by atoms with Crippen LogP contribution in [0.4, 0.5) is 5.69 Å². The summed E-state index contributed by atoms with van der Waals surface area (Å²) < 4.78 is 10.7. The minimum absolute atomic E-state index is 0.314. The Labute approximate surface area is 94.0 Å². The lowest BCUT2D eigenvalue weighted by Crippen LogP contribution is -2.19. The van der Waals surface area contributed by atoms with E-state index in [0.29, 0.717) is 13.2 Å². The average molecular weight is 215 g/mol. The second kappa shape index (κ2) is 4.12. The molecule has 3 heteroatoms. The minimum atomic E-state index is -0.314. The number of ether oxygens (including phenoxy) is 2. The molecule has 0 spiro atoms. The lowest BCUT2D eigenvalue weighted by molar-refractivity contribution is -0.0176. The molecule has 0 aliphatic carbocycles. The number of fused-ring (bicyclic) bond motifs is 1. The predicted molar refractivity (Wildman–Crippen MR) is 63.3 cm³/mol. The summed E-state index contributed by atoms with van der Waals surface area (Å²) in [5.41, 5.74) is 1.05. The first-order chi connectivity index (χ1) is 7.93. The highest BCUT2D eigenvalue weighted by Crippen LogP contribution is 2.24. The molecule has 0 amide bonds. The molecule has 16 heavy (non-hydrogen) atoms. The van der Waals surface area contributed by atoms with Gasteiger partial charge in [0.05, 0.1) is 13.2 Å². The van der Waals surface area contributed by atoms with Crippen molar-refractivity contribution in [3.8, 4) is 0 Å². The maximum atomic E-state index is 5.37. The van der Waals surface area contributed by atoms with E-state index in [-0.39, 0.29) is 6.41 Å². The van der Waals surface area contributed by atoms with Crippen molar-refractivity contribution in [1.82, 2.24) is 0 Å². The van der Waals surface area contributed by atoms with Crippen LogP contribution in [-0.2, 0) is 9.47 Å². The Morgan fingerprint density at radius 3 is 2.56 bits per heavy atom. The number of nitrogens with one attached hydrogen (secondary N) is 1. The van der Waals surface area contributed by atoms with Gasteiger partial charge in [-0.25, -0.2) is 0 Å². The minimum Gasteiger partial charge on any atom is -0.337 e. The maximum absolute atomic E-state index is 5.37. The maximum Gasteiger partial charge on any atom is 0.238 e. The Hall–Kier alpha value is -1.58. The van der Waals surface area contributed by atoms with Gasteiger partial charge in [-0.15, -0.1) is 0 Å². The van der Waals surface area contributed by atoms with Gasteiger partial charge in [-0.3, -0.25) is 0 Å². The molecule has 1 fully saturated rings. The van der Waals surface area contributed by atoms with Crippen molar-refractivity contribution in [3.05, 3.63) is 42.5 Å². The van der Waals surface area contributed by atoms with Crippen LogP contribution in [0.15, 0.2) is 42.5 Å². The van der Waals surface area contributed by atoms with Crippen molar-refractivity contribution in [3.63, 3.8) is 0 Å². The SMILES string of the molecule is c1ccc2c(NC3OCCO3)cccc2c1. The molecule has 1 aliphatic rings. The normalized spacial score (nSPS) is 16.8. The van der Waals surface area contributed by atoms with Crippen molar-refractivity contribution < 1.29 is 9.47 Å². The molecule has 3 nitrogen and oxygen atoms in total. The van der Waals surface area contributed by atoms with Crippen molar-refractivity contribution in [2.24, 2.45) is 0 Å². The molecule has 2 aromatic rings. The zero-order valence-corrected chi connectivity index (χ0v) is 8.85. The van der Waals surface area contributed by atoms with E-state index in [0.717, 1.165) is 5.69 Å². The Morgan fingerprint density at radius 1 is 0.938 bits per heavy atom. The van der Waals surface area contributed by atoms with Crippen LogP contribution in [0.5, 0.6) is 0 Å².